The van der Waals surface area contributed by atoms with E-state index >= 15 is 0 Å². The Balaban J connectivity index is 2.56. The molecule has 1 aliphatic carbocycles. The van der Waals surface area contributed by atoms with E-state index in [1.54, 1.807) is 4.90 Å². The molecular formula is C15H28N2O3. The van der Waals surface area contributed by atoms with Gasteiger partial charge in [-0.1, -0.05) is 20.3 Å². The molecule has 1 aliphatic rings. The first-order chi connectivity index (χ1) is 9.36. The molecule has 2 amide bonds. The van der Waals surface area contributed by atoms with Crippen LogP contribution in [0.2, 0.25) is 0 Å². The third-order valence-electron chi connectivity index (χ3n) is 4.51. The van der Waals surface area contributed by atoms with Crippen molar-refractivity contribution in [3.63, 3.8) is 0 Å². The summed E-state index contributed by atoms with van der Waals surface area (Å²) in [6.45, 7) is 8.47. The minimum absolute atomic E-state index is 0.00744. The predicted molar refractivity (Wildman–Crippen MR) is 78.6 cm³/mol. The van der Waals surface area contributed by atoms with E-state index in [9.17, 15) is 9.59 Å². The molecule has 0 heterocycles. The maximum absolute atomic E-state index is 12.3. The topological polar surface area (TPSA) is 69.6 Å². The number of hydrogen-bond acceptors (Lipinski definition) is 2. The molecular weight excluding hydrogens is 256 g/mol. The van der Waals surface area contributed by atoms with Crippen molar-refractivity contribution in [2.45, 2.75) is 65.5 Å². The largest absolute Gasteiger partial charge is 0.481 e. The Morgan fingerprint density at radius 1 is 1.35 bits per heavy atom. The Hall–Kier alpha value is -1.26. The summed E-state index contributed by atoms with van der Waals surface area (Å²) in [5.41, 5.74) is 0. The van der Waals surface area contributed by atoms with Crippen LogP contribution < -0.4 is 5.32 Å². The minimum Gasteiger partial charge on any atom is -0.481 e. The number of carboxylic acids is 1. The van der Waals surface area contributed by atoms with Crippen LogP contribution in [0.15, 0.2) is 0 Å². The molecule has 5 heteroatoms. The second kappa shape index (κ2) is 7.50. The van der Waals surface area contributed by atoms with E-state index in [1.807, 2.05) is 13.8 Å². The zero-order chi connectivity index (χ0) is 15.3. The van der Waals surface area contributed by atoms with E-state index < -0.39 is 5.97 Å². The molecule has 3 unspecified atom stereocenters. The van der Waals surface area contributed by atoms with Crippen LogP contribution in [0.25, 0.3) is 0 Å². The first-order valence-corrected chi connectivity index (χ1v) is 7.65. The van der Waals surface area contributed by atoms with Crippen LogP contribution in [0, 0.1) is 11.8 Å². The molecule has 5 nitrogen and oxygen atoms in total. The highest BCUT2D eigenvalue weighted by molar-refractivity contribution is 5.76. The number of amides is 2. The summed E-state index contributed by atoms with van der Waals surface area (Å²) in [6.07, 6.45) is 3.33. The molecule has 0 aromatic rings. The molecule has 0 aromatic heterocycles. The number of nitrogens with one attached hydrogen (secondary N) is 1. The zero-order valence-corrected chi connectivity index (χ0v) is 13.1. The van der Waals surface area contributed by atoms with E-state index in [0.29, 0.717) is 11.8 Å². The summed E-state index contributed by atoms with van der Waals surface area (Å²) < 4.78 is 0. The molecule has 0 saturated heterocycles. The van der Waals surface area contributed by atoms with E-state index in [2.05, 4.69) is 19.2 Å². The molecule has 1 fully saturated rings. The van der Waals surface area contributed by atoms with Crippen molar-refractivity contribution in [3.05, 3.63) is 0 Å². The third-order valence-corrected chi connectivity index (χ3v) is 4.51. The van der Waals surface area contributed by atoms with Gasteiger partial charge in [-0.05, 0) is 38.5 Å². The summed E-state index contributed by atoms with van der Waals surface area (Å²) >= 11 is 0. The number of carbonyl (C=O) groups is 2. The van der Waals surface area contributed by atoms with Crippen molar-refractivity contribution < 1.29 is 14.7 Å². The minimum atomic E-state index is -0.872. The second-order valence-corrected chi connectivity index (χ2v) is 6.09. The second-order valence-electron chi connectivity index (χ2n) is 6.09. The lowest BCUT2D eigenvalue weighted by molar-refractivity contribution is -0.137. The Labute approximate surface area is 121 Å². The van der Waals surface area contributed by atoms with Crippen molar-refractivity contribution in [3.8, 4) is 0 Å². The average molecular weight is 284 g/mol. The van der Waals surface area contributed by atoms with Crippen molar-refractivity contribution in [1.29, 1.82) is 0 Å². The van der Waals surface area contributed by atoms with Crippen molar-refractivity contribution in [2.75, 3.05) is 6.54 Å². The fraction of sp³-hybridized carbons (Fsp3) is 0.867. The molecule has 0 bridgehead atoms. The van der Waals surface area contributed by atoms with E-state index in [4.69, 9.17) is 5.11 Å². The van der Waals surface area contributed by atoms with Crippen LogP contribution in [-0.4, -0.2) is 40.6 Å². The van der Waals surface area contributed by atoms with Crippen LogP contribution in [0.5, 0.6) is 0 Å². The maximum Gasteiger partial charge on any atom is 0.317 e. The predicted octanol–water partition coefficient (Wildman–Crippen LogP) is 2.71. The molecule has 1 rings (SSSR count). The van der Waals surface area contributed by atoms with Crippen LogP contribution in [0.4, 0.5) is 4.79 Å². The summed E-state index contributed by atoms with van der Waals surface area (Å²) in [6, 6.07) is 0.0985. The van der Waals surface area contributed by atoms with Gasteiger partial charge in [0.15, 0.2) is 0 Å². The zero-order valence-electron chi connectivity index (χ0n) is 13.1. The normalized spacial score (nSPS) is 25.8. The first kappa shape index (κ1) is 16.8. The van der Waals surface area contributed by atoms with Crippen LogP contribution in [-0.2, 0) is 4.79 Å². The van der Waals surface area contributed by atoms with Crippen LogP contribution >= 0.6 is 0 Å². The first-order valence-electron chi connectivity index (χ1n) is 7.65. The van der Waals surface area contributed by atoms with Gasteiger partial charge in [0.2, 0.25) is 0 Å². The number of rotatable bonds is 6. The SMILES string of the molecule is CCC1CCC(NC(=O)N(CCC(=O)O)C(C)C)C1C. The molecule has 20 heavy (non-hydrogen) atoms. The molecule has 0 aliphatic heterocycles. The van der Waals surface area contributed by atoms with Crippen LogP contribution in [0.1, 0.15) is 53.4 Å². The maximum atomic E-state index is 12.3. The van der Waals surface area contributed by atoms with Gasteiger partial charge in [-0.25, -0.2) is 4.79 Å². The lowest BCUT2D eigenvalue weighted by atomic mass is 9.93. The van der Waals surface area contributed by atoms with E-state index in [1.165, 1.54) is 6.42 Å². The van der Waals surface area contributed by atoms with Gasteiger partial charge in [-0.15, -0.1) is 0 Å². The number of urea groups is 1. The van der Waals surface area contributed by atoms with Gasteiger partial charge in [0.05, 0.1) is 6.42 Å². The lowest BCUT2D eigenvalue weighted by Crippen LogP contribution is -2.49. The van der Waals surface area contributed by atoms with Crippen molar-refractivity contribution in [1.82, 2.24) is 10.2 Å². The lowest BCUT2D eigenvalue weighted by Gasteiger charge is -2.29. The summed E-state index contributed by atoms with van der Waals surface area (Å²) in [5.74, 6) is 0.313. The third kappa shape index (κ3) is 4.39. The summed E-state index contributed by atoms with van der Waals surface area (Å²) in [7, 11) is 0. The molecule has 116 valence electrons. The highest BCUT2D eigenvalue weighted by Gasteiger charge is 2.33. The van der Waals surface area contributed by atoms with E-state index in [0.717, 1.165) is 12.8 Å². The smallest absolute Gasteiger partial charge is 0.317 e. The highest BCUT2D eigenvalue weighted by Crippen LogP contribution is 2.33. The number of carbonyl (C=O) groups excluding carboxylic acids is 1. The molecule has 0 spiro atoms. The monoisotopic (exact) mass is 284 g/mol. The van der Waals surface area contributed by atoms with Gasteiger partial charge < -0.3 is 15.3 Å². The number of hydrogen-bond donors (Lipinski definition) is 2. The summed E-state index contributed by atoms with van der Waals surface area (Å²) in [5, 5.41) is 11.9. The van der Waals surface area contributed by atoms with Gasteiger partial charge in [-0.2, -0.15) is 0 Å². The van der Waals surface area contributed by atoms with Gasteiger partial charge in [0.25, 0.3) is 0 Å². The van der Waals surface area contributed by atoms with E-state index in [-0.39, 0.29) is 31.1 Å². The fourth-order valence-electron chi connectivity index (χ4n) is 3.08. The molecule has 0 aromatic carbocycles. The van der Waals surface area contributed by atoms with Gasteiger partial charge >= 0.3 is 12.0 Å². The van der Waals surface area contributed by atoms with Gasteiger partial charge in [0.1, 0.15) is 0 Å². The van der Waals surface area contributed by atoms with Crippen molar-refractivity contribution >= 4 is 12.0 Å². The quantitative estimate of drug-likeness (QED) is 0.788. The summed E-state index contributed by atoms with van der Waals surface area (Å²) in [4.78, 5) is 24.6. The highest BCUT2D eigenvalue weighted by atomic mass is 16.4. The Morgan fingerprint density at radius 3 is 2.45 bits per heavy atom. The Kier molecular flexibility index (Phi) is 6.30. The number of nitrogens with zero attached hydrogens (tertiary/aromatic N) is 1. The Morgan fingerprint density at radius 2 is 2.00 bits per heavy atom. The van der Waals surface area contributed by atoms with Gasteiger partial charge in [0, 0.05) is 18.6 Å². The van der Waals surface area contributed by atoms with Crippen LogP contribution in [0.3, 0.4) is 0 Å². The van der Waals surface area contributed by atoms with Crippen molar-refractivity contribution in [2.24, 2.45) is 11.8 Å². The average Bonchev–Trinajstić information content (AvgIpc) is 2.70. The Bertz CT molecular complexity index is 344. The molecule has 1 saturated carbocycles. The standard InChI is InChI=1S/C15H28N2O3/c1-5-12-6-7-13(11(12)4)16-15(20)17(10(2)3)9-8-14(18)19/h10-13H,5-9H2,1-4H3,(H,16,20)(H,18,19). The fourth-order valence-corrected chi connectivity index (χ4v) is 3.08. The van der Waals surface area contributed by atoms with Gasteiger partial charge in [-0.3, -0.25) is 4.79 Å². The number of aliphatic carboxylic acids is 1. The molecule has 2 N–H and O–H groups in total. The molecule has 3 atom stereocenters. The molecule has 0 radical (unpaired) electrons. The number of carboxylic acid groups (broad SMARTS) is 1.